The number of nitrogen functional groups attached to an aromatic ring is 1. The fraction of sp³-hybridized carbons (Fsp3) is 0.575. The molecular formula is C40H55N3O7. The lowest BCUT2D eigenvalue weighted by molar-refractivity contribution is -0.104. The number of pyridine rings is 1. The molecule has 1 aromatic carbocycles. The smallest absolute Gasteiger partial charge is 0.161 e. The van der Waals surface area contributed by atoms with E-state index in [1.807, 2.05) is 36.5 Å². The maximum absolute atomic E-state index is 11.5. The van der Waals surface area contributed by atoms with Crippen molar-refractivity contribution < 1.29 is 35.0 Å². The van der Waals surface area contributed by atoms with Crippen molar-refractivity contribution in [1.29, 1.82) is 0 Å². The zero-order chi connectivity index (χ0) is 35.5. The molecule has 2 aliphatic carbocycles. The summed E-state index contributed by atoms with van der Waals surface area (Å²) in [4.78, 5) is 7.46. The SMILES string of the molecule is CC[C@H]1C#CC[C@H]([C@H](O)CCc2ccc(O)c(O[C@@H]3[C@@H](O)[C@@H](O)CC[C@@H]3[C@H](Cc3ccc[nH]3)c3ccnc(N)c3)c2)[C@@H](OCCO)CCCC1. The van der Waals surface area contributed by atoms with Crippen molar-refractivity contribution in [2.24, 2.45) is 17.8 Å². The molecule has 1 fully saturated rings. The number of ether oxygens (including phenoxy) is 2. The number of phenolic OH excluding ortho intramolecular Hbond substituents is 1. The molecule has 10 nitrogen and oxygen atoms in total. The summed E-state index contributed by atoms with van der Waals surface area (Å²) in [6, 6.07) is 12.9. The number of H-pyrrole nitrogens is 1. The average molecular weight is 690 g/mol. The predicted octanol–water partition coefficient (Wildman–Crippen LogP) is 4.88. The van der Waals surface area contributed by atoms with Crippen LogP contribution < -0.4 is 10.5 Å². The van der Waals surface area contributed by atoms with Crippen molar-refractivity contribution in [2.45, 2.75) is 114 Å². The van der Waals surface area contributed by atoms with Gasteiger partial charge in [-0.05, 0) is 105 Å². The van der Waals surface area contributed by atoms with Gasteiger partial charge in [-0.15, -0.1) is 5.92 Å². The number of anilines is 1. The van der Waals surface area contributed by atoms with E-state index < -0.39 is 24.4 Å². The van der Waals surface area contributed by atoms with Crippen LogP contribution in [0.25, 0.3) is 0 Å². The number of hydrogen-bond acceptors (Lipinski definition) is 9. The van der Waals surface area contributed by atoms with Gasteiger partial charge in [0.1, 0.15) is 18.0 Å². The first-order chi connectivity index (χ1) is 24.3. The molecule has 0 radical (unpaired) electrons. The van der Waals surface area contributed by atoms with Crippen molar-refractivity contribution in [3.8, 4) is 23.3 Å². The van der Waals surface area contributed by atoms with Gasteiger partial charge in [0.05, 0.1) is 31.5 Å². The molecule has 10 heteroatoms. The maximum Gasteiger partial charge on any atom is 0.161 e. The molecule has 0 unspecified atom stereocenters. The van der Waals surface area contributed by atoms with Crippen molar-refractivity contribution in [3.63, 3.8) is 0 Å². The highest BCUT2D eigenvalue weighted by atomic mass is 16.5. The first kappa shape index (κ1) is 37.7. The number of benzene rings is 1. The van der Waals surface area contributed by atoms with Gasteiger partial charge in [0, 0.05) is 42.3 Å². The molecule has 9 atom stereocenters. The second-order valence-electron chi connectivity index (χ2n) is 14.0. The molecule has 50 heavy (non-hydrogen) atoms. The fourth-order valence-corrected chi connectivity index (χ4v) is 7.76. The third kappa shape index (κ3) is 10.0. The minimum absolute atomic E-state index is 0.0695. The summed E-state index contributed by atoms with van der Waals surface area (Å²) in [7, 11) is 0. The number of nitrogens with zero attached hydrogens (tertiary/aromatic N) is 1. The zero-order valence-electron chi connectivity index (χ0n) is 29.2. The molecule has 5 rings (SSSR count). The predicted molar refractivity (Wildman–Crippen MR) is 192 cm³/mol. The molecule has 3 aromatic rings. The standard InChI is InChI=1S/C40H55N3O7/c1-2-26-7-3-4-11-36(49-22-21-44)31(10-5-8-26)33(45)15-12-27-13-16-34(46)37(23-27)50-40-30(14-17-35(47)39(40)48)32(25-29-9-6-19-42-29)28-18-20-43-38(41)24-28/h6,9,13,16,18-20,23-24,26,30-33,35-36,39-40,42,44-48H,2-4,7,10-12,14-15,17,21-22,25H2,1H3,(H2,41,43)/t26-,30-,31-,32-,33-,35+,36+,39+,40+/m1/s1. The van der Waals surface area contributed by atoms with Crippen LogP contribution in [0.15, 0.2) is 54.9 Å². The molecule has 0 amide bonds. The summed E-state index contributed by atoms with van der Waals surface area (Å²) in [5.41, 5.74) is 8.92. The fourth-order valence-electron chi connectivity index (χ4n) is 7.76. The van der Waals surface area contributed by atoms with Crippen molar-refractivity contribution in [1.82, 2.24) is 9.97 Å². The lowest BCUT2D eigenvalue weighted by Crippen LogP contribution is -2.51. The third-order valence-corrected chi connectivity index (χ3v) is 10.6. The number of aromatic nitrogens is 2. The number of aliphatic hydroxyl groups is 4. The van der Waals surface area contributed by atoms with Crippen molar-refractivity contribution in [2.75, 3.05) is 18.9 Å². The van der Waals surface area contributed by atoms with Gasteiger partial charge in [0.25, 0.3) is 0 Å². The van der Waals surface area contributed by atoms with Crippen LogP contribution in [-0.2, 0) is 17.6 Å². The number of nitrogens with one attached hydrogen (secondary N) is 1. The van der Waals surface area contributed by atoms with Crippen molar-refractivity contribution in [3.05, 3.63) is 71.7 Å². The molecule has 8 N–H and O–H groups in total. The zero-order valence-corrected chi connectivity index (χ0v) is 29.2. The van der Waals surface area contributed by atoms with E-state index in [-0.39, 0.29) is 48.6 Å². The van der Waals surface area contributed by atoms with Crippen LogP contribution in [0, 0.1) is 29.6 Å². The van der Waals surface area contributed by atoms with E-state index in [1.165, 1.54) is 0 Å². The van der Waals surface area contributed by atoms with Gasteiger partial charge in [-0.2, -0.15) is 0 Å². The van der Waals surface area contributed by atoms with Gasteiger partial charge in [-0.25, -0.2) is 4.98 Å². The lowest BCUT2D eigenvalue weighted by atomic mass is 9.71. The van der Waals surface area contributed by atoms with Crippen LogP contribution in [0.3, 0.4) is 0 Å². The monoisotopic (exact) mass is 689 g/mol. The number of aliphatic hydroxyl groups excluding tert-OH is 4. The molecular weight excluding hydrogens is 634 g/mol. The first-order valence-corrected chi connectivity index (χ1v) is 18.3. The molecule has 1 saturated carbocycles. The third-order valence-electron chi connectivity index (χ3n) is 10.6. The van der Waals surface area contributed by atoms with Gasteiger partial charge in [0.2, 0.25) is 0 Å². The van der Waals surface area contributed by atoms with Crippen LogP contribution in [0.5, 0.6) is 11.5 Å². The average Bonchev–Trinajstić information content (AvgIpc) is 3.64. The Bertz CT molecular complexity index is 1520. The molecule has 0 spiro atoms. The second kappa shape index (κ2) is 18.6. The van der Waals surface area contributed by atoms with Gasteiger partial charge in [-0.3, -0.25) is 0 Å². The van der Waals surface area contributed by atoms with Crippen LogP contribution in [-0.4, -0.2) is 79.2 Å². The summed E-state index contributed by atoms with van der Waals surface area (Å²) < 4.78 is 12.5. The topological polar surface area (TPSA) is 174 Å². The Labute approximate surface area is 296 Å². The number of rotatable bonds is 14. The number of aromatic amines is 1. The van der Waals surface area contributed by atoms with Gasteiger partial charge in [0.15, 0.2) is 11.5 Å². The Morgan fingerprint density at radius 1 is 1.06 bits per heavy atom. The number of aryl methyl sites for hydroxylation is 1. The minimum atomic E-state index is -1.18. The second-order valence-corrected chi connectivity index (χ2v) is 14.0. The Hall–Kier alpha value is -3.59. The Morgan fingerprint density at radius 2 is 1.90 bits per heavy atom. The molecule has 2 aromatic heterocycles. The first-order valence-electron chi connectivity index (χ1n) is 18.3. The number of phenols is 1. The van der Waals surface area contributed by atoms with Gasteiger partial charge >= 0.3 is 0 Å². The summed E-state index contributed by atoms with van der Waals surface area (Å²) in [5.74, 6) is 7.12. The number of hydrogen-bond donors (Lipinski definition) is 7. The van der Waals surface area contributed by atoms with E-state index in [0.29, 0.717) is 50.3 Å². The van der Waals surface area contributed by atoms with Gasteiger partial charge < -0.3 is 45.7 Å². The highest BCUT2D eigenvalue weighted by molar-refractivity contribution is 5.42. The summed E-state index contributed by atoms with van der Waals surface area (Å²) in [6.45, 7) is 2.31. The lowest BCUT2D eigenvalue weighted by Gasteiger charge is -2.42. The summed E-state index contributed by atoms with van der Waals surface area (Å²) in [6.07, 6.45) is 7.72. The number of aromatic hydroxyl groups is 1. The molecule has 0 bridgehead atoms. The van der Waals surface area contributed by atoms with E-state index in [2.05, 4.69) is 28.7 Å². The van der Waals surface area contributed by atoms with E-state index >= 15 is 0 Å². The maximum atomic E-state index is 11.5. The Balaban J connectivity index is 1.34. The highest BCUT2D eigenvalue weighted by Gasteiger charge is 2.44. The van der Waals surface area contributed by atoms with Crippen molar-refractivity contribution >= 4 is 5.82 Å². The van der Waals surface area contributed by atoms with E-state index in [4.69, 9.17) is 15.2 Å². The van der Waals surface area contributed by atoms with Crippen LogP contribution in [0.1, 0.15) is 87.4 Å². The molecule has 0 aliphatic heterocycles. The normalized spacial score (nSPS) is 27.1. The summed E-state index contributed by atoms with van der Waals surface area (Å²) in [5, 5.41) is 54.0. The Kier molecular flexibility index (Phi) is 14.0. The van der Waals surface area contributed by atoms with Crippen LogP contribution in [0.2, 0.25) is 0 Å². The molecule has 0 saturated heterocycles. The quantitative estimate of drug-likeness (QED) is 0.116. The highest BCUT2D eigenvalue weighted by Crippen LogP contribution is 2.42. The molecule has 2 aliphatic rings. The van der Waals surface area contributed by atoms with E-state index in [9.17, 15) is 25.5 Å². The van der Waals surface area contributed by atoms with Crippen LogP contribution >= 0.6 is 0 Å². The minimum Gasteiger partial charge on any atom is -0.504 e. The largest absolute Gasteiger partial charge is 0.504 e. The van der Waals surface area contributed by atoms with Crippen LogP contribution in [0.4, 0.5) is 5.82 Å². The van der Waals surface area contributed by atoms with E-state index in [1.54, 1.807) is 18.3 Å². The van der Waals surface area contributed by atoms with E-state index in [0.717, 1.165) is 48.9 Å². The molecule has 272 valence electrons. The Morgan fingerprint density at radius 3 is 2.66 bits per heavy atom. The summed E-state index contributed by atoms with van der Waals surface area (Å²) >= 11 is 0. The molecule has 2 heterocycles. The van der Waals surface area contributed by atoms with Gasteiger partial charge in [-0.1, -0.05) is 31.8 Å². The number of nitrogens with two attached hydrogens (primary N) is 1.